The summed E-state index contributed by atoms with van der Waals surface area (Å²) in [5, 5.41) is 2.03. The van der Waals surface area contributed by atoms with E-state index in [2.05, 4.69) is 0 Å². The lowest BCUT2D eigenvalue weighted by atomic mass is 10.3. The topological polar surface area (TPSA) is 80.3 Å². The molecule has 0 aromatic rings. The summed E-state index contributed by atoms with van der Waals surface area (Å²) in [6.45, 7) is 3.87. The number of amides is 2. The fraction of sp³-hybridized carbons (Fsp3) is 0.556. The van der Waals surface area contributed by atoms with E-state index in [9.17, 15) is 19.2 Å². The van der Waals surface area contributed by atoms with E-state index in [1.165, 1.54) is 20.8 Å². The van der Waals surface area contributed by atoms with Crippen LogP contribution in [0.25, 0.3) is 0 Å². The highest BCUT2D eigenvalue weighted by Crippen LogP contribution is 1.69. The predicted octanol–water partition coefficient (Wildman–Crippen LogP) is 0.469. The number of Topliss-reactive ketones (excluding diaryl/α,β-unsaturated/α-hetero) is 1. The zero-order valence-electron chi connectivity index (χ0n) is 8.84. The zero-order valence-corrected chi connectivity index (χ0v) is 7.84. The molecule has 0 aromatic carbocycles. The number of hydrogen-bond donors (Lipinski definition) is 1. The molecule has 5 heteroatoms. The summed E-state index contributed by atoms with van der Waals surface area (Å²) in [5.74, 6) is -0.875. The highest BCUT2D eigenvalue weighted by atomic mass is 16.2. The van der Waals surface area contributed by atoms with Crippen LogP contribution in [-0.2, 0) is 19.2 Å². The van der Waals surface area contributed by atoms with E-state index in [-0.39, 0.29) is 31.4 Å². The molecule has 0 saturated heterocycles. The van der Waals surface area contributed by atoms with Crippen molar-refractivity contribution >= 4 is 23.9 Å². The summed E-state index contributed by atoms with van der Waals surface area (Å²) in [6, 6.07) is 0. The van der Waals surface area contributed by atoms with Crippen molar-refractivity contribution < 1.29 is 20.5 Å². The lowest BCUT2D eigenvalue weighted by molar-refractivity contribution is -0.128. The van der Waals surface area contributed by atoms with Crippen molar-refractivity contribution in [1.82, 2.24) is 5.32 Å². The van der Waals surface area contributed by atoms with Gasteiger partial charge < -0.3 is 4.79 Å². The Morgan fingerprint density at radius 3 is 1.57 bits per heavy atom. The number of hydrogen-bond acceptors (Lipinski definition) is 4. The van der Waals surface area contributed by atoms with Gasteiger partial charge in [0, 0.05) is 13.8 Å². The fourth-order valence-electron chi connectivity index (χ4n) is 0.350. The number of aldehydes is 1. The first-order valence-corrected chi connectivity index (χ1v) is 3.52. The monoisotopic (exact) mass is 204 g/mol. The third-order valence-corrected chi connectivity index (χ3v) is 0.673. The van der Waals surface area contributed by atoms with Crippen molar-refractivity contribution in [1.29, 1.82) is 0 Å². The molecule has 0 aliphatic rings. The van der Waals surface area contributed by atoms with E-state index < -0.39 is 6.26 Å². The van der Waals surface area contributed by atoms with E-state index in [1.807, 2.05) is 5.32 Å². The molecule has 0 rings (SSSR count). The molecule has 1 N–H and O–H groups in total. The number of carbonyl (C=O) groups excluding carboxylic acids is 4. The van der Waals surface area contributed by atoms with Gasteiger partial charge in [0.1, 0.15) is 13.4 Å². The largest absolute Gasteiger partial charge is 0.303 e. The molecule has 82 valence electrons. The maximum Gasteiger partial charge on any atom is 0.223 e. The third kappa shape index (κ3) is 31.4. The highest BCUT2D eigenvalue weighted by molar-refractivity contribution is 5.92. The van der Waals surface area contributed by atoms with Crippen molar-refractivity contribution in [2.24, 2.45) is 0 Å². The van der Waals surface area contributed by atoms with Gasteiger partial charge in [-0.1, -0.05) is 7.43 Å². The van der Waals surface area contributed by atoms with E-state index in [0.717, 1.165) is 0 Å². The van der Waals surface area contributed by atoms with Crippen LogP contribution >= 0.6 is 0 Å². The molecule has 0 saturated carbocycles. The second-order valence-electron chi connectivity index (χ2n) is 2.26. The van der Waals surface area contributed by atoms with Crippen molar-refractivity contribution in [2.45, 2.75) is 34.6 Å². The van der Waals surface area contributed by atoms with Crippen molar-refractivity contribution in [3.8, 4) is 0 Å². The Bertz CT molecular complexity index is 200. The minimum atomic E-state index is -0.813. The lowest BCUT2D eigenvalue weighted by Crippen LogP contribution is -2.24. The number of rotatable bonds is 2. The molecule has 5 nitrogen and oxygen atoms in total. The first kappa shape index (κ1) is 15.0. The Kier molecular flexibility index (Phi) is 12.3. The van der Waals surface area contributed by atoms with Crippen molar-refractivity contribution in [3.63, 3.8) is 0 Å². The average molecular weight is 204 g/mol. The summed E-state index contributed by atoms with van der Waals surface area (Å²) in [5.41, 5.74) is 0. The minimum absolute atomic E-state index is 0. The second-order valence-corrected chi connectivity index (χ2v) is 2.26. The molecule has 0 atom stereocenters. The van der Waals surface area contributed by atoms with E-state index in [1.54, 1.807) is 0 Å². The Labute approximate surface area is 85.3 Å². The molecular weight excluding hydrogens is 186 g/mol. The molecule has 14 heavy (non-hydrogen) atoms. The maximum atomic E-state index is 9.92. The quantitative estimate of drug-likeness (QED) is 0.523. The summed E-state index contributed by atoms with van der Waals surface area (Å²) in [6.07, 6.45) is -1.06. The number of imide groups is 1. The molecule has 0 radical (unpaired) electrons. The molecule has 0 bridgehead atoms. The van der Waals surface area contributed by atoms with Crippen LogP contribution in [0.15, 0.2) is 0 Å². The van der Waals surface area contributed by atoms with Gasteiger partial charge in [0.15, 0.2) is 0 Å². The SMILES string of the molecule is C.CC(=O)NC(C)=O.[2H]C(=O)CC(C)=O. The molecule has 0 aliphatic carbocycles. The van der Waals surface area contributed by atoms with Crippen LogP contribution in [0.3, 0.4) is 0 Å². The normalized spacial score (nSPS) is 8.07. The van der Waals surface area contributed by atoms with E-state index in [0.29, 0.717) is 0 Å². The predicted molar refractivity (Wildman–Crippen MR) is 52.6 cm³/mol. The van der Waals surface area contributed by atoms with E-state index >= 15 is 0 Å². The van der Waals surface area contributed by atoms with Gasteiger partial charge in [0.05, 0.1) is 6.42 Å². The average Bonchev–Trinajstić information content (AvgIpc) is 1.79. The van der Waals surface area contributed by atoms with E-state index in [4.69, 9.17) is 1.37 Å². The number of nitrogens with one attached hydrogen (secondary N) is 1. The molecule has 0 spiro atoms. The third-order valence-electron chi connectivity index (χ3n) is 0.673. The number of carbonyl (C=O) groups is 4. The van der Waals surface area contributed by atoms with Crippen LogP contribution in [0.2, 0.25) is 0 Å². The minimum Gasteiger partial charge on any atom is -0.303 e. The first-order chi connectivity index (χ1) is 6.25. The fourth-order valence-corrected chi connectivity index (χ4v) is 0.350. The van der Waals surface area contributed by atoms with Gasteiger partial charge >= 0.3 is 0 Å². The highest BCUT2D eigenvalue weighted by Gasteiger charge is 1.90. The van der Waals surface area contributed by atoms with Gasteiger partial charge in [-0.2, -0.15) is 0 Å². The molecule has 0 aliphatic heterocycles. The summed E-state index contributed by atoms with van der Waals surface area (Å²) >= 11 is 0. The lowest BCUT2D eigenvalue weighted by Gasteiger charge is -1.88. The zero-order chi connectivity index (χ0) is 11.7. The standard InChI is InChI=1S/C4H7NO2.C4H6O2.CH4/c1-3(6)5-4(2)7;1-4(6)2-3-5;/h1-2H3,(H,5,6,7);3H,2H2,1H3;1H4/i;3D;. The van der Waals surface area contributed by atoms with Gasteiger partial charge in [-0.3, -0.25) is 19.7 Å². The van der Waals surface area contributed by atoms with Crippen molar-refractivity contribution in [2.75, 3.05) is 0 Å². The second kappa shape index (κ2) is 11.5. The van der Waals surface area contributed by atoms with Crippen LogP contribution in [0, 0.1) is 0 Å². The Hall–Kier alpha value is -1.52. The maximum absolute atomic E-state index is 9.92. The smallest absolute Gasteiger partial charge is 0.223 e. The Balaban J connectivity index is -0.000000180. The van der Waals surface area contributed by atoms with Crippen LogP contribution in [0.1, 0.15) is 36.0 Å². The van der Waals surface area contributed by atoms with Gasteiger partial charge in [0.25, 0.3) is 0 Å². The molecule has 0 heterocycles. The Morgan fingerprint density at radius 1 is 1.21 bits per heavy atom. The Morgan fingerprint density at radius 2 is 1.57 bits per heavy atom. The van der Waals surface area contributed by atoms with Gasteiger partial charge in [-0.25, -0.2) is 0 Å². The van der Waals surface area contributed by atoms with Crippen LogP contribution in [0.5, 0.6) is 0 Å². The number of ketones is 1. The van der Waals surface area contributed by atoms with Crippen LogP contribution in [-0.4, -0.2) is 23.9 Å². The molecule has 0 unspecified atom stereocenters. The summed E-state index contributed by atoms with van der Waals surface area (Å²) in [7, 11) is 0. The van der Waals surface area contributed by atoms with Crippen LogP contribution < -0.4 is 5.32 Å². The summed E-state index contributed by atoms with van der Waals surface area (Å²) in [4.78, 5) is 39.5. The van der Waals surface area contributed by atoms with Gasteiger partial charge in [-0.05, 0) is 6.92 Å². The van der Waals surface area contributed by atoms with Gasteiger partial charge in [-0.15, -0.1) is 0 Å². The van der Waals surface area contributed by atoms with Gasteiger partial charge in [0.2, 0.25) is 11.8 Å². The molecule has 2 amide bonds. The molecule has 0 aromatic heterocycles. The van der Waals surface area contributed by atoms with Crippen molar-refractivity contribution in [3.05, 3.63) is 0 Å². The molecule has 0 fully saturated rings. The molecular formula is C9H17NO4. The van der Waals surface area contributed by atoms with Crippen LogP contribution in [0.4, 0.5) is 0 Å². The summed E-state index contributed by atoms with van der Waals surface area (Å²) < 4.78 is 6.25. The first-order valence-electron chi connectivity index (χ1n) is 4.02.